The topological polar surface area (TPSA) is 80.2 Å². The highest BCUT2D eigenvalue weighted by Crippen LogP contribution is 2.18. The lowest BCUT2D eigenvalue weighted by Gasteiger charge is -2.21. The number of amides is 1. The largest absolute Gasteiger partial charge is 0.488 e. The molecule has 0 aliphatic rings. The normalized spacial score (nSPS) is 12.8. The van der Waals surface area contributed by atoms with Crippen LogP contribution in [-0.4, -0.2) is 58.5 Å². The van der Waals surface area contributed by atoms with Crippen molar-refractivity contribution in [1.82, 2.24) is 4.31 Å². The molecule has 0 heterocycles. The first-order chi connectivity index (χ1) is 13.7. The number of benzene rings is 2. The molecule has 158 valence electrons. The monoisotopic (exact) mass is 420 g/mol. The van der Waals surface area contributed by atoms with Gasteiger partial charge in [-0.15, -0.1) is 0 Å². The number of rotatable bonds is 10. The fraction of sp³-hybridized carbons (Fsp3) is 0.381. The van der Waals surface area contributed by atoms with Crippen molar-refractivity contribution in [3.8, 4) is 5.75 Å². The number of hydrogen-bond donors (Lipinski definition) is 2. The van der Waals surface area contributed by atoms with Crippen LogP contribution >= 0.6 is 0 Å². The maximum atomic E-state index is 12.5. The van der Waals surface area contributed by atoms with Gasteiger partial charge in [0.25, 0.3) is 5.91 Å². The molecule has 1 unspecified atom stereocenters. The molecule has 0 saturated heterocycles. The van der Waals surface area contributed by atoms with Crippen molar-refractivity contribution in [2.45, 2.75) is 24.8 Å². The van der Waals surface area contributed by atoms with Crippen molar-refractivity contribution in [2.75, 3.05) is 39.1 Å². The van der Waals surface area contributed by atoms with Crippen molar-refractivity contribution in [3.05, 3.63) is 54.6 Å². The van der Waals surface area contributed by atoms with Crippen molar-refractivity contribution in [1.29, 1.82) is 0 Å². The summed E-state index contributed by atoms with van der Waals surface area (Å²) in [6.07, 6.45) is 0. The molecule has 2 rings (SSSR count). The average Bonchev–Trinajstić information content (AvgIpc) is 2.68. The number of nitrogens with zero attached hydrogens (tertiary/aromatic N) is 1. The summed E-state index contributed by atoms with van der Waals surface area (Å²) in [5.41, 5.74) is 0.564. The van der Waals surface area contributed by atoms with E-state index in [-0.39, 0.29) is 23.4 Å². The molecule has 0 bridgehead atoms. The fourth-order valence-corrected chi connectivity index (χ4v) is 3.95. The quantitative estimate of drug-likeness (QED) is 0.606. The number of carbonyl (C=O) groups excluding carboxylic acids is 1. The molecular formula is C21H30N3O4S+. The van der Waals surface area contributed by atoms with Crippen LogP contribution in [0.1, 0.15) is 13.8 Å². The van der Waals surface area contributed by atoms with Crippen LogP contribution in [0.25, 0.3) is 0 Å². The summed E-state index contributed by atoms with van der Waals surface area (Å²) >= 11 is 0. The smallest absolute Gasteiger partial charge is 0.279 e. The van der Waals surface area contributed by atoms with Gasteiger partial charge in [-0.3, -0.25) is 4.79 Å². The third-order valence-corrected chi connectivity index (χ3v) is 6.59. The van der Waals surface area contributed by atoms with Gasteiger partial charge in [0.05, 0.1) is 11.9 Å². The highest BCUT2D eigenvalue weighted by atomic mass is 32.2. The van der Waals surface area contributed by atoms with Gasteiger partial charge in [-0.2, -0.15) is 4.31 Å². The van der Waals surface area contributed by atoms with E-state index in [0.717, 1.165) is 10.6 Å². The van der Waals surface area contributed by atoms with Gasteiger partial charge in [0.2, 0.25) is 10.0 Å². The average molecular weight is 421 g/mol. The molecule has 0 aliphatic heterocycles. The molecule has 2 N–H and O–H groups in total. The van der Waals surface area contributed by atoms with Crippen LogP contribution in [0.15, 0.2) is 59.5 Å². The first-order valence-electron chi connectivity index (χ1n) is 9.57. The number of carbonyl (C=O) groups is 1. The molecule has 1 amide bonds. The van der Waals surface area contributed by atoms with Crippen LogP contribution in [0.5, 0.6) is 5.75 Å². The molecule has 1 atom stereocenters. The number of hydrogen-bond acceptors (Lipinski definition) is 4. The van der Waals surface area contributed by atoms with Crippen LogP contribution in [0.4, 0.5) is 5.69 Å². The molecule has 0 spiro atoms. The Labute approximate surface area is 173 Å². The number of likely N-dealkylation sites (N-methyl/N-ethyl adjacent to an activating group) is 1. The maximum Gasteiger partial charge on any atom is 0.279 e. The van der Waals surface area contributed by atoms with Crippen molar-refractivity contribution in [2.24, 2.45) is 0 Å². The van der Waals surface area contributed by atoms with Crippen molar-refractivity contribution in [3.63, 3.8) is 0 Å². The molecule has 0 aromatic heterocycles. The van der Waals surface area contributed by atoms with E-state index in [0.29, 0.717) is 18.8 Å². The zero-order chi connectivity index (χ0) is 21.4. The Morgan fingerprint density at radius 1 is 1.10 bits per heavy atom. The maximum absolute atomic E-state index is 12.5. The van der Waals surface area contributed by atoms with E-state index in [4.69, 9.17) is 4.74 Å². The summed E-state index contributed by atoms with van der Waals surface area (Å²) in [5, 5.41) is 2.80. The van der Waals surface area contributed by atoms with E-state index in [2.05, 4.69) is 5.32 Å². The summed E-state index contributed by atoms with van der Waals surface area (Å²) in [6, 6.07) is 15.6. The Morgan fingerprint density at radius 2 is 1.72 bits per heavy atom. The molecule has 0 radical (unpaired) electrons. The molecule has 2 aromatic rings. The Hall–Kier alpha value is -2.42. The van der Waals surface area contributed by atoms with E-state index in [1.165, 1.54) is 16.4 Å². The van der Waals surface area contributed by atoms with Gasteiger partial charge in [-0.25, -0.2) is 8.42 Å². The minimum absolute atomic E-state index is 0.135. The standard InChI is InChI=1S/C21H29N3O4S/c1-17(2)24(4)29(26,27)20-12-10-18(11-13-20)22-21(25)16-23(3)14-15-28-19-8-6-5-7-9-19/h5-13,17H,14-16H2,1-4H3,(H,22,25)/p+1. The van der Waals surface area contributed by atoms with Gasteiger partial charge in [-0.05, 0) is 50.2 Å². The summed E-state index contributed by atoms with van der Waals surface area (Å²) in [5.74, 6) is 0.667. The van der Waals surface area contributed by atoms with Crippen LogP contribution in [-0.2, 0) is 14.8 Å². The van der Waals surface area contributed by atoms with Gasteiger partial charge < -0.3 is 15.0 Å². The number of para-hydroxylation sites is 1. The van der Waals surface area contributed by atoms with E-state index in [1.807, 2.05) is 51.2 Å². The molecular weight excluding hydrogens is 390 g/mol. The van der Waals surface area contributed by atoms with E-state index in [9.17, 15) is 13.2 Å². The number of nitrogens with one attached hydrogen (secondary N) is 2. The second-order valence-electron chi connectivity index (χ2n) is 7.23. The lowest BCUT2D eigenvalue weighted by Crippen LogP contribution is -3.10. The summed E-state index contributed by atoms with van der Waals surface area (Å²) in [4.78, 5) is 13.4. The van der Waals surface area contributed by atoms with E-state index < -0.39 is 10.0 Å². The van der Waals surface area contributed by atoms with Crippen LogP contribution < -0.4 is 15.0 Å². The summed E-state index contributed by atoms with van der Waals surface area (Å²) < 4.78 is 31.9. The highest BCUT2D eigenvalue weighted by Gasteiger charge is 2.23. The summed E-state index contributed by atoms with van der Waals surface area (Å²) in [7, 11) is -0.0597. The molecule has 7 nitrogen and oxygen atoms in total. The SMILES string of the molecule is CC(C)N(C)S(=O)(=O)c1ccc(NC(=O)C[NH+](C)CCOc2ccccc2)cc1. The summed E-state index contributed by atoms with van der Waals surface area (Å²) in [6.45, 7) is 5.11. The van der Waals surface area contributed by atoms with Crippen LogP contribution in [0, 0.1) is 0 Å². The molecule has 0 aliphatic carbocycles. The number of ether oxygens (including phenoxy) is 1. The zero-order valence-electron chi connectivity index (χ0n) is 17.4. The minimum Gasteiger partial charge on any atom is -0.488 e. The van der Waals surface area contributed by atoms with Crippen molar-refractivity contribution >= 4 is 21.6 Å². The minimum atomic E-state index is -3.53. The highest BCUT2D eigenvalue weighted by molar-refractivity contribution is 7.89. The molecule has 0 saturated carbocycles. The number of sulfonamides is 1. The molecule has 2 aromatic carbocycles. The van der Waals surface area contributed by atoms with Gasteiger partial charge in [0.15, 0.2) is 6.54 Å². The fourth-order valence-electron chi connectivity index (χ4n) is 2.58. The Balaban J connectivity index is 1.82. The van der Waals surface area contributed by atoms with Gasteiger partial charge in [0, 0.05) is 18.8 Å². The third-order valence-electron chi connectivity index (χ3n) is 4.55. The molecule has 8 heteroatoms. The van der Waals surface area contributed by atoms with Crippen LogP contribution in [0.2, 0.25) is 0 Å². The predicted molar refractivity (Wildman–Crippen MR) is 114 cm³/mol. The van der Waals surface area contributed by atoms with Gasteiger partial charge in [0.1, 0.15) is 18.9 Å². The van der Waals surface area contributed by atoms with Gasteiger partial charge in [-0.1, -0.05) is 18.2 Å². The third kappa shape index (κ3) is 6.85. The molecule has 0 fully saturated rings. The Bertz CT molecular complexity index is 884. The molecule has 29 heavy (non-hydrogen) atoms. The zero-order valence-corrected chi connectivity index (χ0v) is 18.2. The second-order valence-corrected chi connectivity index (χ2v) is 9.23. The first kappa shape index (κ1) is 22.9. The van der Waals surface area contributed by atoms with Gasteiger partial charge >= 0.3 is 0 Å². The Morgan fingerprint density at radius 3 is 2.31 bits per heavy atom. The van der Waals surface area contributed by atoms with Crippen LogP contribution in [0.3, 0.4) is 0 Å². The Kier molecular flexibility index (Phi) is 8.19. The number of anilines is 1. The lowest BCUT2D eigenvalue weighted by molar-refractivity contribution is -0.871. The van der Waals surface area contributed by atoms with Crippen molar-refractivity contribution < 1.29 is 22.8 Å². The predicted octanol–water partition coefficient (Wildman–Crippen LogP) is 1.25. The lowest BCUT2D eigenvalue weighted by atomic mass is 10.3. The number of quaternary nitrogens is 1. The van der Waals surface area contributed by atoms with E-state index >= 15 is 0 Å². The second kappa shape index (κ2) is 10.4. The first-order valence-corrected chi connectivity index (χ1v) is 11.0. The van der Waals surface area contributed by atoms with E-state index in [1.54, 1.807) is 19.2 Å².